The fourth-order valence-corrected chi connectivity index (χ4v) is 4.97. The minimum Gasteiger partial charge on any atom is -0.454 e. The number of ether oxygens (including phenoxy) is 2. The number of benzene rings is 3. The van der Waals surface area contributed by atoms with E-state index < -0.39 is 5.54 Å². The van der Waals surface area contributed by atoms with Gasteiger partial charge < -0.3 is 14.4 Å². The summed E-state index contributed by atoms with van der Waals surface area (Å²) in [6.45, 7) is 2.49. The summed E-state index contributed by atoms with van der Waals surface area (Å²) in [5.41, 5.74) is 4.32. The zero-order valence-corrected chi connectivity index (χ0v) is 17.8. The lowest BCUT2D eigenvalue weighted by atomic mass is 9.79. The molecule has 0 saturated carbocycles. The highest BCUT2D eigenvalue weighted by Gasteiger charge is 2.43. The zero-order chi connectivity index (χ0) is 21.3. The van der Waals surface area contributed by atoms with Gasteiger partial charge in [-0.15, -0.1) is 0 Å². The van der Waals surface area contributed by atoms with Gasteiger partial charge in [0.25, 0.3) is 0 Å². The van der Waals surface area contributed by atoms with Gasteiger partial charge in [0.1, 0.15) is 5.54 Å². The molecule has 0 aromatic heterocycles. The van der Waals surface area contributed by atoms with Crippen molar-refractivity contribution in [2.45, 2.75) is 44.2 Å². The number of nitrogens with zero attached hydrogens (tertiary/aromatic N) is 2. The highest BCUT2D eigenvalue weighted by Crippen LogP contribution is 2.44. The van der Waals surface area contributed by atoms with E-state index in [4.69, 9.17) is 9.47 Å². The van der Waals surface area contributed by atoms with Crippen molar-refractivity contribution < 1.29 is 9.47 Å². The summed E-state index contributed by atoms with van der Waals surface area (Å²) in [4.78, 5) is 2.37. The van der Waals surface area contributed by atoms with Crippen LogP contribution in [0.1, 0.15) is 42.5 Å². The summed E-state index contributed by atoms with van der Waals surface area (Å²) in [5.74, 6) is 1.59. The minimum absolute atomic E-state index is 0.0963. The van der Waals surface area contributed by atoms with Crippen LogP contribution in [0.2, 0.25) is 0 Å². The lowest BCUT2D eigenvalue weighted by Crippen LogP contribution is -2.52. The number of hydrogen-bond donors (Lipinski definition) is 0. The van der Waals surface area contributed by atoms with Crippen LogP contribution < -0.4 is 14.4 Å². The van der Waals surface area contributed by atoms with Crippen molar-refractivity contribution in [3.05, 3.63) is 89.5 Å². The molecule has 3 aromatic carbocycles. The second kappa shape index (κ2) is 8.00. The Morgan fingerprint density at radius 2 is 1.77 bits per heavy atom. The Kier molecular flexibility index (Phi) is 5.03. The third-order valence-corrected chi connectivity index (χ3v) is 6.66. The van der Waals surface area contributed by atoms with Gasteiger partial charge in [-0.1, -0.05) is 54.6 Å². The smallest absolute Gasteiger partial charge is 0.231 e. The molecule has 0 amide bonds. The van der Waals surface area contributed by atoms with Crippen molar-refractivity contribution in [2.75, 3.05) is 11.7 Å². The topological polar surface area (TPSA) is 45.5 Å². The maximum absolute atomic E-state index is 10.5. The van der Waals surface area contributed by atoms with Gasteiger partial charge in [0.05, 0.1) is 12.1 Å². The predicted octanol–water partition coefficient (Wildman–Crippen LogP) is 5.82. The number of hydrogen-bond acceptors (Lipinski definition) is 4. The molecular formula is C27H26N2O2. The first kappa shape index (κ1) is 19.5. The van der Waals surface area contributed by atoms with Crippen LogP contribution in [0.5, 0.6) is 11.5 Å². The molecule has 4 heteroatoms. The Labute approximate surface area is 183 Å². The van der Waals surface area contributed by atoms with Gasteiger partial charge in [0.2, 0.25) is 6.79 Å². The van der Waals surface area contributed by atoms with Crippen molar-refractivity contribution >= 4 is 5.69 Å². The van der Waals surface area contributed by atoms with E-state index in [1.165, 1.54) is 22.4 Å². The van der Waals surface area contributed by atoms with E-state index in [-0.39, 0.29) is 12.8 Å². The van der Waals surface area contributed by atoms with Gasteiger partial charge in [0, 0.05) is 5.69 Å². The van der Waals surface area contributed by atoms with Gasteiger partial charge in [-0.05, 0) is 67.5 Å². The second-order valence-corrected chi connectivity index (χ2v) is 8.42. The first-order chi connectivity index (χ1) is 15.2. The second-order valence-electron chi connectivity index (χ2n) is 8.42. The largest absolute Gasteiger partial charge is 0.454 e. The molecule has 0 radical (unpaired) electrons. The van der Waals surface area contributed by atoms with Crippen LogP contribution in [-0.2, 0) is 12.8 Å². The molecule has 0 aliphatic carbocycles. The van der Waals surface area contributed by atoms with Crippen molar-refractivity contribution in [3.8, 4) is 17.6 Å². The minimum atomic E-state index is -0.569. The maximum Gasteiger partial charge on any atom is 0.231 e. The highest BCUT2D eigenvalue weighted by atomic mass is 16.7. The van der Waals surface area contributed by atoms with E-state index in [0.717, 1.165) is 37.2 Å². The lowest BCUT2D eigenvalue weighted by molar-refractivity contribution is 0.174. The molecule has 4 nitrogen and oxygen atoms in total. The van der Waals surface area contributed by atoms with Gasteiger partial charge in [-0.2, -0.15) is 5.26 Å². The van der Waals surface area contributed by atoms with E-state index in [1.807, 2.05) is 12.1 Å². The van der Waals surface area contributed by atoms with Gasteiger partial charge in [-0.25, -0.2) is 0 Å². The molecule has 2 heterocycles. The monoisotopic (exact) mass is 410 g/mol. The van der Waals surface area contributed by atoms with Crippen LogP contribution >= 0.6 is 0 Å². The van der Waals surface area contributed by atoms with Crippen molar-refractivity contribution in [1.82, 2.24) is 0 Å². The van der Waals surface area contributed by atoms with Crippen LogP contribution in [0.15, 0.2) is 72.8 Å². The summed E-state index contributed by atoms with van der Waals surface area (Å²) in [6, 6.07) is 28.0. The molecule has 0 spiro atoms. The Bertz CT molecular complexity index is 1120. The van der Waals surface area contributed by atoms with E-state index >= 15 is 0 Å². The predicted molar refractivity (Wildman–Crippen MR) is 121 cm³/mol. The molecule has 156 valence electrons. The fourth-order valence-electron chi connectivity index (χ4n) is 4.97. The average molecular weight is 411 g/mol. The number of nitriles is 1. The Balaban J connectivity index is 1.50. The zero-order valence-electron chi connectivity index (χ0n) is 17.8. The molecule has 5 rings (SSSR count). The standard InChI is InChI=1S/C27H26N2O2/c1-20(22-7-3-2-4-8-22)29-24-10-6-5-9-23(24)14-16-27(29,18-28)15-13-21-11-12-25-26(17-21)31-19-30-25/h2-12,17,20H,13-16,19H2,1H3/t20-,27-/m0/s1. The molecule has 2 atom stereocenters. The number of para-hydroxylation sites is 1. The van der Waals surface area contributed by atoms with Crippen molar-refractivity contribution in [3.63, 3.8) is 0 Å². The molecule has 3 aromatic rings. The first-order valence-electron chi connectivity index (χ1n) is 10.9. The van der Waals surface area contributed by atoms with Gasteiger partial charge in [-0.3, -0.25) is 0 Å². The molecule has 2 aliphatic rings. The summed E-state index contributed by atoms with van der Waals surface area (Å²) >= 11 is 0. The third-order valence-electron chi connectivity index (χ3n) is 6.66. The fraction of sp³-hybridized carbons (Fsp3) is 0.296. The maximum atomic E-state index is 10.5. The average Bonchev–Trinajstić information content (AvgIpc) is 3.30. The van der Waals surface area contributed by atoms with E-state index in [1.54, 1.807) is 0 Å². The number of fused-ring (bicyclic) bond motifs is 2. The molecule has 0 bridgehead atoms. The molecule has 31 heavy (non-hydrogen) atoms. The van der Waals surface area contributed by atoms with Crippen LogP contribution in [0, 0.1) is 11.3 Å². The molecular weight excluding hydrogens is 384 g/mol. The summed E-state index contributed by atoms with van der Waals surface area (Å²) in [7, 11) is 0. The summed E-state index contributed by atoms with van der Waals surface area (Å²) in [6.07, 6.45) is 3.31. The highest BCUT2D eigenvalue weighted by molar-refractivity contribution is 5.62. The molecule has 0 N–H and O–H groups in total. The summed E-state index contributed by atoms with van der Waals surface area (Å²) in [5, 5.41) is 10.5. The third kappa shape index (κ3) is 3.51. The normalized spacial score (nSPS) is 20.1. The van der Waals surface area contributed by atoms with Crippen molar-refractivity contribution in [1.29, 1.82) is 5.26 Å². The van der Waals surface area contributed by atoms with E-state index in [0.29, 0.717) is 0 Å². The Morgan fingerprint density at radius 3 is 2.61 bits per heavy atom. The Hall–Kier alpha value is -3.45. The SMILES string of the molecule is C[C@@H](c1ccccc1)N1c2ccccc2CC[C@]1(C#N)CCc1ccc2c(c1)OCO2. The molecule has 2 aliphatic heterocycles. The first-order valence-corrected chi connectivity index (χ1v) is 10.9. The molecule has 0 saturated heterocycles. The molecule has 0 unspecified atom stereocenters. The van der Waals surface area contributed by atoms with Crippen molar-refractivity contribution in [2.24, 2.45) is 0 Å². The number of aryl methyl sites for hydroxylation is 2. The van der Waals surface area contributed by atoms with E-state index in [9.17, 15) is 5.26 Å². The van der Waals surface area contributed by atoms with E-state index in [2.05, 4.69) is 78.6 Å². The van der Waals surface area contributed by atoms with Crippen LogP contribution in [0.25, 0.3) is 0 Å². The molecule has 0 fully saturated rings. The van der Waals surface area contributed by atoms with Crippen LogP contribution in [0.4, 0.5) is 5.69 Å². The number of anilines is 1. The quantitative estimate of drug-likeness (QED) is 0.531. The van der Waals surface area contributed by atoms with Gasteiger partial charge >= 0.3 is 0 Å². The van der Waals surface area contributed by atoms with Crippen LogP contribution in [0.3, 0.4) is 0 Å². The van der Waals surface area contributed by atoms with Gasteiger partial charge in [0.15, 0.2) is 11.5 Å². The number of rotatable bonds is 5. The van der Waals surface area contributed by atoms with Crippen LogP contribution in [-0.4, -0.2) is 12.3 Å². The Morgan fingerprint density at radius 1 is 1.00 bits per heavy atom. The summed E-state index contributed by atoms with van der Waals surface area (Å²) < 4.78 is 11.0. The lowest BCUT2D eigenvalue weighted by Gasteiger charge is -2.48.